The number of para-hydroxylation sites is 1. The van der Waals surface area contributed by atoms with Crippen LogP contribution in [0.5, 0.6) is 0 Å². The lowest BCUT2D eigenvalue weighted by molar-refractivity contribution is 0.0785. The molecular formula is C21H19ClN2O3S. The Morgan fingerprint density at radius 1 is 0.929 bits per heavy atom. The summed E-state index contributed by atoms with van der Waals surface area (Å²) >= 11 is 5.87. The van der Waals surface area contributed by atoms with Crippen molar-refractivity contribution < 1.29 is 13.2 Å². The van der Waals surface area contributed by atoms with E-state index < -0.39 is 10.0 Å². The van der Waals surface area contributed by atoms with Crippen molar-refractivity contribution in [1.82, 2.24) is 4.90 Å². The Labute approximate surface area is 169 Å². The van der Waals surface area contributed by atoms with Crippen LogP contribution in [-0.2, 0) is 16.6 Å². The van der Waals surface area contributed by atoms with E-state index in [1.807, 2.05) is 12.1 Å². The molecule has 28 heavy (non-hydrogen) atoms. The van der Waals surface area contributed by atoms with Gasteiger partial charge in [-0.15, -0.1) is 0 Å². The summed E-state index contributed by atoms with van der Waals surface area (Å²) in [7, 11) is -2.02. The van der Waals surface area contributed by atoms with Gasteiger partial charge in [0.05, 0.1) is 4.90 Å². The van der Waals surface area contributed by atoms with Crippen LogP contribution in [0.15, 0.2) is 83.8 Å². The molecule has 0 unspecified atom stereocenters. The number of rotatable bonds is 6. The average molecular weight is 415 g/mol. The van der Waals surface area contributed by atoms with Crippen LogP contribution in [-0.4, -0.2) is 26.3 Å². The molecule has 0 saturated carbocycles. The van der Waals surface area contributed by atoms with E-state index in [1.165, 1.54) is 24.3 Å². The number of hydrogen-bond acceptors (Lipinski definition) is 3. The third kappa shape index (κ3) is 4.91. The quantitative estimate of drug-likeness (QED) is 0.649. The Morgan fingerprint density at radius 3 is 2.14 bits per heavy atom. The molecule has 0 heterocycles. The summed E-state index contributed by atoms with van der Waals surface area (Å²) in [5.74, 6) is -0.199. The number of sulfonamides is 1. The molecule has 144 valence electrons. The first-order valence-corrected chi connectivity index (χ1v) is 10.4. The van der Waals surface area contributed by atoms with Gasteiger partial charge in [0.1, 0.15) is 0 Å². The Bertz CT molecular complexity index is 1050. The summed E-state index contributed by atoms with van der Waals surface area (Å²) in [4.78, 5) is 14.3. The molecule has 7 heteroatoms. The molecule has 1 amide bonds. The maximum Gasteiger partial charge on any atom is 0.261 e. The van der Waals surface area contributed by atoms with Gasteiger partial charge < -0.3 is 4.90 Å². The van der Waals surface area contributed by atoms with E-state index in [9.17, 15) is 13.2 Å². The molecule has 0 fully saturated rings. The van der Waals surface area contributed by atoms with Gasteiger partial charge in [-0.2, -0.15) is 0 Å². The van der Waals surface area contributed by atoms with Crippen LogP contribution in [0.4, 0.5) is 5.69 Å². The Morgan fingerprint density at radius 2 is 1.54 bits per heavy atom. The zero-order chi connectivity index (χ0) is 20.1. The second-order valence-electron chi connectivity index (χ2n) is 6.28. The zero-order valence-electron chi connectivity index (χ0n) is 15.2. The number of carbonyl (C=O) groups is 1. The third-order valence-electron chi connectivity index (χ3n) is 4.12. The van der Waals surface area contributed by atoms with Crippen LogP contribution in [0.1, 0.15) is 15.9 Å². The van der Waals surface area contributed by atoms with Crippen LogP contribution < -0.4 is 4.72 Å². The molecule has 0 atom stereocenters. The van der Waals surface area contributed by atoms with Gasteiger partial charge in [-0.3, -0.25) is 9.52 Å². The van der Waals surface area contributed by atoms with E-state index in [4.69, 9.17) is 11.6 Å². The van der Waals surface area contributed by atoms with Crippen LogP contribution in [0, 0.1) is 0 Å². The van der Waals surface area contributed by atoms with E-state index >= 15 is 0 Å². The highest BCUT2D eigenvalue weighted by atomic mass is 35.5. The first-order chi connectivity index (χ1) is 13.3. The number of nitrogens with one attached hydrogen (secondary N) is 1. The van der Waals surface area contributed by atoms with Gasteiger partial charge in [0.25, 0.3) is 15.9 Å². The van der Waals surface area contributed by atoms with Crippen LogP contribution in [0.3, 0.4) is 0 Å². The molecule has 3 rings (SSSR count). The van der Waals surface area contributed by atoms with Crippen LogP contribution in [0.25, 0.3) is 0 Å². The van der Waals surface area contributed by atoms with E-state index in [0.717, 1.165) is 5.56 Å². The number of nitrogens with zero attached hydrogens (tertiary/aromatic N) is 1. The van der Waals surface area contributed by atoms with Gasteiger partial charge in [-0.25, -0.2) is 8.42 Å². The smallest absolute Gasteiger partial charge is 0.261 e. The number of benzene rings is 3. The second-order valence-corrected chi connectivity index (χ2v) is 8.40. The zero-order valence-corrected chi connectivity index (χ0v) is 16.7. The molecule has 3 aromatic carbocycles. The average Bonchev–Trinajstić information content (AvgIpc) is 2.69. The topological polar surface area (TPSA) is 66.5 Å². The SMILES string of the molecule is CN(Cc1ccc(Cl)cc1)C(=O)c1ccc(S(=O)(=O)Nc2ccccc2)cc1. The highest BCUT2D eigenvalue weighted by Crippen LogP contribution is 2.18. The second kappa shape index (κ2) is 8.46. The minimum atomic E-state index is -3.72. The van der Waals surface area contributed by atoms with E-state index in [1.54, 1.807) is 54.4 Å². The molecule has 0 aromatic heterocycles. The summed E-state index contributed by atoms with van der Waals surface area (Å²) < 4.78 is 27.4. The summed E-state index contributed by atoms with van der Waals surface area (Å²) in [6.45, 7) is 0.422. The van der Waals surface area contributed by atoms with Crippen molar-refractivity contribution in [3.63, 3.8) is 0 Å². The lowest BCUT2D eigenvalue weighted by Crippen LogP contribution is -2.26. The molecule has 3 aromatic rings. The molecule has 0 radical (unpaired) electrons. The highest BCUT2D eigenvalue weighted by Gasteiger charge is 2.17. The monoisotopic (exact) mass is 414 g/mol. The number of carbonyl (C=O) groups excluding carboxylic acids is 1. The number of hydrogen-bond donors (Lipinski definition) is 1. The van der Waals surface area contributed by atoms with Crippen LogP contribution in [0.2, 0.25) is 5.02 Å². The molecule has 0 aliphatic heterocycles. The van der Waals surface area contributed by atoms with Crippen LogP contribution >= 0.6 is 11.6 Å². The molecule has 0 aliphatic rings. The molecule has 1 N–H and O–H groups in total. The normalized spacial score (nSPS) is 11.1. The van der Waals surface area contributed by atoms with Gasteiger partial charge in [0.2, 0.25) is 0 Å². The van der Waals surface area contributed by atoms with Crippen molar-refractivity contribution in [2.75, 3.05) is 11.8 Å². The largest absolute Gasteiger partial charge is 0.337 e. The van der Waals surface area contributed by atoms with E-state index in [2.05, 4.69) is 4.72 Å². The number of amides is 1. The minimum absolute atomic E-state index is 0.0910. The van der Waals surface area contributed by atoms with Crippen molar-refractivity contribution in [1.29, 1.82) is 0 Å². The fourth-order valence-corrected chi connectivity index (χ4v) is 3.84. The maximum atomic E-state index is 12.6. The van der Waals surface area contributed by atoms with E-state index in [-0.39, 0.29) is 10.8 Å². The van der Waals surface area contributed by atoms with E-state index in [0.29, 0.717) is 22.8 Å². The molecule has 0 spiro atoms. The van der Waals surface area contributed by atoms with Crippen molar-refractivity contribution in [2.45, 2.75) is 11.4 Å². The standard InChI is InChI=1S/C21H19ClN2O3S/c1-24(15-16-7-11-18(22)12-8-16)21(25)17-9-13-20(14-10-17)28(26,27)23-19-5-3-2-4-6-19/h2-14,23H,15H2,1H3. The summed E-state index contributed by atoms with van der Waals surface area (Å²) in [6.07, 6.45) is 0. The third-order valence-corrected chi connectivity index (χ3v) is 5.77. The van der Waals surface area contributed by atoms with Crippen molar-refractivity contribution in [3.05, 3.63) is 95.0 Å². The van der Waals surface area contributed by atoms with Gasteiger partial charge in [0.15, 0.2) is 0 Å². The Kier molecular flexibility index (Phi) is 6.02. The van der Waals surface area contributed by atoms with Crippen molar-refractivity contribution in [3.8, 4) is 0 Å². The maximum absolute atomic E-state index is 12.6. The molecule has 0 saturated heterocycles. The molecule has 0 bridgehead atoms. The number of halogens is 1. The van der Waals surface area contributed by atoms with Gasteiger partial charge in [-0.1, -0.05) is 41.9 Å². The highest BCUT2D eigenvalue weighted by molar-refractivity contribution is 7.92. The van der Waals surface area contributed by atoms with Crippen molar-refractivity contribution in [2.24, 2.45) is 0 Å². The first-order valence-electron chi connectivity index (χ1n) is 8.53. The number of anilines is 1. The predicted molar refractivity (Wildman–Crippen MR) is 111 cm³/mol. The van der Waals surface area contributed by atoms with Gasteiger partial charge in [0, 0.05) is 29.9 Å². The summed E-state index contributed by atoms with van der Waals surface area (Å²) in [5.41, 5.74) is 1.84. The Hall–Kier alpha value is -2.83. The summed E-state index contributed by atoms with van der Waals surface area (Å²) in [6, 6.07) is 21.8. The minimum Gasteiger partial charge on any atom is -0.337 e. The lowest BCUT2D eigenvalue weighted by Gasteiger charge is -2.17. The first kappa shape index (κ1) is 19.9. The van der Waals surface area contributed by atoms with Gasteiger partial charge >= 0.3 is 0 Å². The predicted octanol–water partition coefficient (Wildman–Crippen LogP) is 4.41. The lowest BCUT2D eigenvalue weighted by atomic mass is 10.1. The molecular weight excluding hydrogens is 396 g/mol. The Balaban J connectivity index is 1.70. The fraction of sp³-hybridized carbons (Fsp3) is 0.0952. The van der Waals surface area contributed by atoms with Crippen molar-refractivity contribution >= 4 is 33.2 Å². The molecule has 0 aliphatic carbocycles. The fourth-order valence-electron chi connectivity index (χ4n) is 2.65. The molecule has 5 nitrogen and oxygen atoms in total. The van der Waals surface area contributed by atoms with Gasteiger partial charge in [-0.05, 0) is 54.1 Å². The summed E-state index contributed by atoms with van der Waals surface area (Å²) in [5, 5.41) is 0.638.